The first kappa shape index (κ1) is 14.3. The molecule has 1 saturated heterocycles. The second kappa shape index (κ2) is 5.92. The summed E-state index contributed by atoms with van der Waals surface area (Å²) in [6.07, 6.45) is -0.329. The van der Waals surface area contributed by atoms with E-state index in [4.69, 9.17) is 4.74 Å². The lowest BCUT2D eigenvalue weighted by Crippen LogP contribution is -2.36. The highest BCUT2D eigenvalue weighted by Gasteiger charge is 2.29. The minimum Gasteiger partial charge on any atom is -0.444 e. The van der Waals surface area contributed by atoms with Crippen LogP contribution in [0, 0.1) is 5.92 Å². The van der Waals surface area contributed by atoms with Crippen LogP contribution < -0.4 is 10.6 Å². The summed E-state index contributed by atoms with van der Waals surface area (Å²) in [7, 11) is 0. The summed E-state index contributed by atoms with van der Waals surface area (Å²) in [5.41, 5.74) is -0.439. The van der Waals surface area contributed by atoms with Crippen LogP contribution in [0.5, 0.6) is 0 Å². The standard InChI is InChI=1S/C14H22N2O2S/c1-14(2,3)18-13(17)16-8-10-7-15-9-11(10)12-5-4-6-19-12/h4-6,10-11,15H,7-9H2,1-3H3,(H,16,17). The summed E-state index contributed by atoms with van der Waals surface area (Å²) >= 11 is 1.78. The predicted octanol–water partition coefficient (Wildman–Crippen LogP) is 2.58. The first-order valence-electron chi connectivity index (χ1n) is 6.66. The van der Waals surface area contributed by atoms with Gasteiger partial charge in [0.1, 0.15) is 5.60 Å². The number of amides is 1. The van der Waals surface area contributed by atoms with Crippen LogP contribution in [0.15, 0.2) is 17.5 Å². The Hall–Kier alpha value is -1.07. The van der Waals surface area contributed by atoms with Gasteiger partial charge in [-0.2, -0.15) is 0 Å². The fraction of sp³-hybridized carbons (Fsp3) is 0.643. The third-order valence-electron chi connectivity index (χ3n) is 3.16. The molecule has 2 heterocycles. The van der Waals surface area contributed by atoms with Gasteiger partial charge in [0.2, 0.25) is 0 Å². The third-order valence-corrected chi connectivity index (χ3v) is 4.16. The number of nitrogens with one attached hydrogen (secondary N) is 2. The third kappa shape index (κ3) is 4.21. The van der Waals surface area contributed by atoms with Crippen molar-refractivity contribution in [3.8, 4) is 0 Å². The Bertz CT molecular complexity index is 412. The van der Waals surface area contributed by atoms with E-state index in [1.165, 1.54) is 4.88 Å². The summed E-state index contributed by atoms with van der Waals surface area (Å²) in [6.45, 7) is 8.21. The van der Waals surface area contributed by atoms with Gasteiger partial charge in [-0.05, 0) is 38.1 Å². The molecule has 2 rings (SSSR count). The summed E-state index contributed by atoms with van der Waals surface area (Å²) in [5.74, 6) is 0.932. The smallest absolute Gasteiger partial charge is 0.407 e. The normalized spacial score (nSPS) is 23.3. The lowest BCUT2D eigenvalue weighted by molar-refractivity contribution is 0.0519. The van der Waals surface area contributed by atoms with E-state index in [9.17, 15) is 4.79 Å². The summed E-state index contributed by atoms with van der Waals surface area (Å²) in [6, 6.07) is 4.25. The van der Waals surface area contributed by atoms with Crippen LogP contribution in [0.25, 0.3) is 0 Å². The average Bonchev–Trinajstić information content (AvgIpc) is 2.94. The number of alkyl carbamates (subject to hydrolysis) is 1. The number of rotatable bonds is 3. The van der Waals surface area contributed by atoms with Gasteiger partial charge in [-0.15, -0.1) is 11.3 Å². The second-order valence-corrected chi connectivity index (χ2v) is 6.90. The van der Waals surface area contributed by atoms with Gasteiger partial charge >= 0.3 is 6.09 Å². The largest absolute Gasteiger partial charge is 0.444 e. The Balaban J connectivity index is 1.84. The number of carbonyl (C=O) groups is 1. The molecule has 106 valence electrons. The lowest BCUT2D eigenvalue weighted by Gasteiger charge is -2.22. The van der Waals surface area contributed by atoms with Crippen LogP contribution in [-0.4, -0.2) is 31.3 Å². The van der Waals surface area contributed by atoms with Crippen LogP contribution in [-0.2, 0) is 4.74 Å². The molecular weight excluding hydrogens is 260 g/mol. The fourth-order valence-electron chi connectivity index (χ4n) is 2.31. The summed E-state index contributed by atoms with van der Waals surface area (Å²) in [4.78, 5) is 13.0. The molecule has 19 heavy (non-hydrogen) atoms. The number of thiophene rings is 1. The van der Waals surface area contributed by atoms with Gasteiger partial charge in [-0.25, -0.2) is 4.79 Å². The van der Waals surface area contributed by atoms with Crippen LogP contribution in [0.2, 0.25) is 0 Å². The molecule has 0 bridgehead atoms. The maximum absolute atomic E-state index is 11.7. The number of carbonyl (C=O) groups excluding carboxylic acids is 1. The van der Waals surface area contributed by atoms with Crippen molar-refractivity contribution >= 4 is 17.4 Å². The molecule has 0 radical (unpaired) electrons. The zero-order valence-electron chi connectivity index (χ0n) is 11.7. The fourth-order valence-corrected chi connectivity index (χ4v) is 3.23. The predicted molar refractivity (Wildman–Crippen MR) is 77.7 cm³/mol. The zero-order chi connectivity index (χ0) is 13.9. The van der Waals surface area contributed by atoms with Crippen molar-refractivity contribution in [3.63, 3.8) is 0 Å². The molecule has 0 aromatic carbocycles. The van der Waals surface area contributed by atoms with Crippen LogP contribution in [0.3, 0.4) is 0 Å². The van der Waals surface area contributed by atoms with Gasteiger partial charge < -0.3 is 15.4 Å². The molecule has 1 aromatic heterocycles. The molecule has 1 aromatic rings. The second-order valence-electron chi connectivity index (χ2n) is 5.92. The van der Waals surface area contributed by atoms with Crippen LogP contribution >= 0.6 is 11.3 Å². The van der Waals surface area contributed by atoms with Gasteiger partial charge in [-0.3, -0.25) is 0 Å². The van der Waals surface area contributed by atoms with Gasteiger partial charge in [0.25, 0.3) is 0 Å². The van der Waals surface area contributed by atoms with E-state index in [-0.39, 0.29) is 6.09 Å². The number of ether oxygens (including phenoxy) is 1. The molecule has 2 unspecified atom stereocenters. The Morgan fingerprint density at radius 2 is 2.32 bits per heavy atom. The van der Waals surface area contributed by atoms with Crippen molar-refractivity contribution in [2.75, 3.05) is 19.6 Å². The molecule has 1 amide bonds. The van der Waals surface area contributed by atoms with E-state index in [2.05, 4.69) is 28.1 Å². The Morgan fingerprint density at radius 3 is 2.95 bits per heavy atom. The highest BCUT2D eigenvalue weighted by atomic mass is 32.1. The molecule has 1 fully saturated rings. The van der Waals surface area contributed by atoms with Crippen molar-refractivity contribution in [2.24, 2.45) is 5.92 Å². The molecule has 5 heteroatoms. The number of hydrogen-bond acceptors (Lipinski definition) is 4. The number of hydrogen-bond donors (Lipinski definition) is 2. The Labute approximate surface area is 118 Å². The molecule has 4 nitrogen and oxygen atoms in total. The van der Waals surface area contributed by atoms with Crippen molar-refractivity contribution in [2.45, 2.75) is 32.3 Å². The topological polar surface area (TPSA) is 50.4 Å². The quantitative estimate of drug-likeness (QED) is 0.896. The van der Waals surface area contributed by atoms with Crippen LogP contribution in [0.1, 0.15) is 31.6 Å². The SMILES string of the molecule is CC(C)(C)OC(=O)NCC1CNCC1c1cccs1. The van der Waals surface area contributed by atoms with Crippen molar-refractivity contribution < 1.29 is 9.53 Å². The molecule has 2 atom stereocenters. The molecule has 0 aliphatic carbocycles. The maximum atomic E-state index is 11.7. The molecule has 0 saturated carbocycles. The van der Waals surface area contributed by atoms with Crippen LogP contribution in [0.4, 0.5) is 4.79 Å². The first-order valence-corrected chi connectivity index (χ1v) is 7.54. The molecule has 2 N–H and O–H groups in total. The van der Waals surface area contributed by atoms with E-state index in [0.29, 0.717) is 18.4 Å². The van der Waals surface area contributed by atoms with Gasteiger partial charge in [0.05, 0.1) is 0 Å². The first-order chi connectivity index (χ1) is 8.96. The maximum Gasteiger partial charge on any atom is 0.407 e. The van der Waals surface area contributed by atoms with Crippen molar-refractivity contribution in [3.05, 3.63) is 22.4 Å². The van der Waals surface area contributed by atoms with Crippen molar-refractivity contribution in [1.82, 2.24) is 10.6 Å². The van der Waals surface area contributed by atoms with Gasteiger partial charge in [0, 0.05) is 30.4 Å². The van der Waals surface area contributed by atoms with E-state index >= 15 is 0 Å². The summed E-state index contributed by atoms with van der Waals surface area (Å²) in [5, 5.41) is 8.38. The lowest BCUT2D eigenvalue weighted by atomic mass is 9.94. The Kier molecular flexibility index (Phi) is 4.47. The monoisotopic (exact) mass is 282 g/mol. The minimum absolute atomic E-state index is 0.329. The molecule has 0 spiro atoms. The molecule has 1 aliphatic heterocycles. The van der Waals surface area contributed by atoms with E-state index < -0.39 is 5.60 Å². The zero-order valence-corrected chi connectivity index (χ0v) is 12.5. The van der Waals surface area contributed by atoms with Crippen molar-refractivity contribution in [1.29, 1.82) is 0 Å². The highest BCUT2D eigenvalue weighted by molar-refractivity contribution is 7.10. The van der Waals surface area contributed by atoms with Gasteiger partial charge in [0.15, 0.2) is 0 Å². The molecular formula is C14H22N2O2S. The van der Waals surface area contributed by atoms with E-state index in [0.717, 1.165) is 13.1 Å². The van der Waals surface area contributed by atoms with E-state index in [1.807, 2.05) is 20.8 Å². The minimum atomic E-state index is -0.439. The Morgan fingerprint density at radius 1 is 1.53 bits per heavy atom. The summed E-state index contributed by atoms with van der Waals surface area (Å²) < 4.78 is 5.26. The van der Waals surface area contributed by atoms with Gasteiger partial charge in [-0.1, -0.05) is 6.07 Å². The average molecular weight is 282 g/mol. The van der Waals surface area contributed by atoms with E-state index in [1.54, 1.807) is 11.3 Å². The highest BCUT2D eigenvalue weighted by Crippen LogP contribution is 2.30. The molecule has 1 aliphatic rings.